The molecule has 0 fully saturated rings. The quantitative estimate of drug-likeness (QED) is 0.802. The van der Waals surface area contributed by atoms with Crippen molar-refractivity contribution >= 4 is 0 Å². The summed E-state index contributed by atoms with van der Waals surface area (Å²) in [7, 11) is 1.66. The Morgan fingerprint density at radius 2 is 2.05 bits per heavy atom. The Morgan fingerprint density at radius 3 is 2.75 bits per heavy atom. The Morgan fingerprint density at radius 1 is 1.15 bits per heavy atom. The molecule has 0 unspecified atom stereocenters. The first-order valence-corrected chi connectivity index (χ1v) is 6.87. The molecule has 0 saturated carbocycles. The van der Waals surface area contributed by atoms with Gasteiger partial charge in [-0.1, -0.05) is 19.1 Å². The molecule has 0 bridgehead atoms. The van der Waals surface area contributed by atoms with Gasteiger partial charge >= 0.3 is 0 Å². The lowest BCUT2D eigenvalue weighted by molar-refractivity contribution is 0.290. The zero-order valence-electron chi connectivity index (χ0n) is 12.0. The van der Waals surface area contributed by atoms with Crippen molar-refractivity contribution in [3.05, 3.63) is 47.9 Å². The number of benzene rings is 1. The van der Waals surface area contributed by atoms with Gasteiger partial charge in [0.05, 0.1) is 26.5 Å². The van der Waals surface area contributed by atoms with E-state index < -0.39 is 0 Å². The molecule has 0 radical (unpaired) electrons. The Labute approximate surface area is 119 Å². The average Bonchev–Trinajstić information content (AvgIpc) is 2.98. The molecule has 0 amide bonds. The monoisotopic (exact) mass is 275 g/mol. The Balaban J connectivity index is 2.01. The average molecular weight is 275 g/mol. The van der Waals surface area contributed by atoms with Gasteiger partial charge in [-0.3, -0.25) is 0 Å². The lowest BCUT2D eigenvalue weighted by Crippen LogP contribution is -2.13. The van der Waals surface area contributed by atoms with Gasteiger partial charge in [0.15, 0.2) is 11.5 Å². The highest BCUT2D eigenvalue weighted by molar-refractivity contribution is 5.46. The van der Waals surface area contributed by atoms with Crippen molar-refractivity contribution in [3.63, 3.8) is 0 Å². The lowest BCUT2D eigenvalue weighted by atomic mass is 10.2. The highest BCUT2D eigenvalue weighted by Crippen LogP contribution is 2.31. The number of rotatable bonds is 8. The first-order chi connectivity index (χ1) is 9.85. The van der Waals surface area contributed by atoms with Gasteiger partial charge in [0.1, 0.15) is 5.76 Å². The van der Waals surface area contributed by atoms with E-state index in [4.69, 9.17) is 13.9 Å². The van der Waals surface area contributed by atoms with Gasteiger partial charge in [-0.05, 0) is 24.6 Å². The minimum atomic E-state index is 0.686. The molecule has 0 aliphatic heterocycles. The van der Waals surface area contributed by atoms with Crippen LogP contribution in [-0.2, 0) is 13.1 Å². The van der Waals surface area contributed by atoms with E-state index >= 15 is 0 Å². The number of furan rings is 1. The summed E-state index contributed by atoms with van der Waals surface area (Å²) in [6, 6.07) is 9.77. The van der Waals surface area contributed by atoms with Gasteiger partial charge < -0.3 is 19.2 Å². The van der Waals surface area contributed by atoms with E-state index in [-0.39, 0.29) is 0 Å². The van der Waals surface area contributed by atoms with Crippen LogP contribution in [0, 0.1) is 0 Å². The number of hydrogen-bond acceptors (Lipinski definition) is 4. The maximum Gasteiger partial charge on any atom is 0.165 e. The summed E-state index contributed by atoms with van der Waals surface area (Å²) >= 11 is 0. The maximum absolute atomic E-state index is 5.81. The normalized spacial score (nSPS) is 10.5. The molecule has 1 N–H and O–H groups in total. The second kappa shape index (κ2) is 7.60. The number of ether oxygens (including phenoxy) is 2. The summed E-state index contributed by atoms with van der Waals surface area (Å²) < 4.78 is 16.5. The minimum Gasteiger partial charge on any atom is -0.493 e. The van der Waals surface area contributed by atoms with Crippen LogP contribution in [0.1, 0.15) is 24.7 Å². The third-order valence-corrected chi connectivity index (χ3v) is 2.93. The second-order valence-electron chi connectivity index (χ2n) is 4.48. The zero-order valence-corrected chi connectivity index (χ0v) is 12.0. The maximum atomic E-state index is 5.81. The van der Waals surface area contributed by atoms with E-state index in [0.29, 0.717) is 19.7 Å². The molecule has 108 valence electrons. The van der Waals surface area contributed by atoms with Crippen LogP contribution in [0.5, 0.6) is 11.5 Å². The largest absolute Gasteiger partial charge is 0.493 e. The van der Waals surface area contributed by atoms with Gasteiger partial charge in [0.25, 0.3) is 0 Å². The summed E-state index contributed by atoms with van der Waals surface area (Å²) in [5.74, 6) is 2.52. The third-order valence-electron chi connectivity index (χ3n) is 2.93. The van der Waals surface area contributed by atoms with Crippen molar-refractivity contribution in [3.8, 4) is 11.5 Å². The number of para-hydroxylation sites is 1. The highest BCUT2D eigenvalue weighted by Gasteiger charge is 2.10. The van der Waals surface area contributed by atoms with E-state index in [9.17, 15) is 0 Å². The lowest BCUT2D eigenvalue weighted by Gasteiger charge is -2.15. The van der Waals surface area contributed by atoms with Crippen molar-refractivity contribution in [2.75, 3.05) is 13.7 Å². The topological polar surface area (TPSA) is 43.6 Å². The van der Waals surface area contributed by atoms with E-state index in [1.54, 1.807) is 13.4 Å². The molecule has 20 heavy (non-hydrogen) atoms. The van der Waals surface area contributed by atoms with Crippen molar-refractivity contribution in [2.24, 2.45) is 0 Å². The van der Waals surface area contributed by atoms with Gasteiger partial charge in [-0.2, -0.15) is 0 Å². The molecular weight excluding hydrogens is 254 g/mol. The predicted octanol–water partition coefficient (Wildman–Crippen LogP) is 3.37. The number of methoxy groups -OCH3 is 1. The summed E-state index contributed by atoms with van der Waals surface area (Å²) in [6.07, 6.45) is 2.65. The summed E-state index contributed by atoms with van der Waals surface area (Å²) in [6.45, 7) is 4.17. The summed E-state index contributed by atoms with van der Waals surface area (Å²) in [4.78, 5) is 0. The van der Waals surface area contributed by atoms with E-state index in [1.807, 2.05) is 30.3 Å². The third kappa shape index (κ3) is 3.78. The first kappa shape index (κ1) is 14.5. The van der Waals surface area contributed by atoms with E-state index in [2.05, 4.69) is 12.2 Å². The summed E-state index contributed by atoms with van der Waals surface area (Å²) in [5.41, 5.74) is 1.09. The molecule has 1 aromatic heterocycles. The smallest absolute Gasteiger partial charge is 0.165 e. The predicted molar refractivity (Wildman–Crippen MR) is 78.0 cm³/mol. The summed E-state index contributed by atoms with van der Waals surface area (Å²) in [5, 5.41) is 3.34. The van der Waals surface area contributed by atoms with Crippen molar-refractivity contribution in [2.45, 2.75) is 26.4 Å². The van der Waals surface area contributed by atoms with Gasteiger partial charge in [-0.15, -0.1) is 0 Å². The molecule has 0 aliphatic rings. The van der Waals surface area contributed by atoms with Gasteiger partial charge in [0.2, 0.25) is 0 Å². The highest BCUT2D eigenvalue weighted by atomic mass is 16.5. The van der Waals surface area contributed by atoms with Crippen molar-refractivity contribution in [1.29, 1.82) is 0 Å². The molecule has 4 nitrogen and oxygen atoms in total. The fourth-order valence-corrected chi connectivity index (χ4v) is 1.96. The molecular formula is C16H21NO3. The number of hydrogen-bond donors (Lipinski definition) is 1. The first-order valence-electron chi connectivity index (χ1n) is 6.87. The van der Waals surface area contributed by atoms with Crippen LogP contribution in [0.25, 0.3) is 0 Å². The Bertz CT molecular complexity index is 508. The van der Waals surface area contributed by atoms with Crippen LogP contribution in [0.4, 0.5) is 0 Å². The van der Waals surface area contributed by atoms with Crippen LogP contribution >= 0.6 is 0 Å². The minimum absolute atomic E-state index is 0.686. The van der Waals surface area contributed by atoms with Crippen LogP contribution in [0.2, 0.25) is 0 Å². The molecule has 0 aliphatic carbocycles. The Kier molecular flexibility index (Phi) is 5.50. The Hall–Kier alpha value is -1.94. The van der Waals surface area contributed by atoms with Crippen LogP contribution in [0.15, 0.2) is 41.0 Å². The molecule has 1 heterocycles. The van der Waals surface area contributed by atoms with Gasteiger partial charge in [-0.25, -0.2) is 0 Å². The van der Waals surface area contributed by atoms with Crippen molar-refractivity contribution < 1.29 is 13.9 Å². The SMILES string of the molecule is CCCOc1c(CNCc2ccco2)cccc1OC. The van der Waals surface area contributed by atoms with Crippen molar-refractivity contribution in [1.82, 2.24) is 5.32 Å². The standard InChI is InChI=1S/C16H21NO3/c1-3-9-20-16-13(6-4-8-15(16)18-2)11-17-12-14-7-5-10-19-14/h4-8,10,17H,3,9,11-12H2,1-2H3. The van der Waals surface area contributed by atoms with Gasteiger partial charge in [0, 0.05) is 12.1 Å². The molecule has 1 aromatic carbocycles. The van der Waals surface area contributed by atoms with Crippen LogP contribution in [0.3, 0.4) is 0 Å². The molecule has 0 atom stereocenters. The van der Waals surface area contributed by atoms with E-state index in [1.165, 1.54) is 0 Å². The molecule has 0 spiro atoms. The van der Waals surface area contributed by atoms with E-state index in [0.717, 1.165) is 29.2 Å². The molecule has 2 rings (SSSR count). The van der Waals surface area contributed by atoms with Crippen LogP contribution < -0.4 is 14.8 Å². The number of nitrogens with one attached hydrogen (secondary N) is 1. The van der Waals surface area contributed by atoms with Crippen LogP contribution in [-0.4, -0.2) is 13.7 Å². The zero-order chi connectivity index (χ0) is 14.2. The molecule has 4 heteroatoms. The molecule has 2 aromatic rings. The molecule has 0 saturated heterocycles. The fraction of sp³-hybridized carbons (Fsp3) is 0.375. The second-order valence-corrected chi connectivity index (χ2v) is 4.48. The fourth-order valence-electron chi connectivity index (χ4n) is 1.96.